The molecule has 2 saturated heterocycles. The molecule has 4 aromatic carbocycles. The fourth-order valence-electron chi connectivity index (χ4n) is 6.97. The smallest absolute Gasteiger partial charge is 0.303 e. The summed E-state index contributed by atoms with van der Waals surface area (Å²) in [6.45, 7) is 6.40. The second-order valence-electron chi connectivity index (χ2n) is 13.7. The van der Waals surface area contributed by atoms with Crippen molar-refractivity contribution in [2.24, 2.45) is 5.92 Å². The maximum Gasteiger partial charge on any atom is 0.303 e. The predicted molar refractivity (Wildman–Crippen MR) is 200 cm³/mol. The van der Waals surface area contributed by atoms with Gasteiger partial charge in [0, 0.05) is 81.4 Å². The molecular weight excluding hydrogens is 676 g/mol. The van der Waals surface area contributed by atoms with Crippen LogP contribution in [0.2, 0.25) is 0 Å². The normalized spacial score (nSPS) is 20.5. The van der Waals surface area contributed by atoms with Gasteiger partial charge in [0.15, 0.2) is 6.29 Å². The Bertz CT molecular complexity index is 1860. The number of rotatable bonds is 14. The molecule has 12 heteroatoms. The maximum atomic E-state index is 12.2. The molecule has 278 valence electrons. The van der Waals surface area contributed by atoms with Gasteiger partial charge in [-0.25, -0.2) is 0 Å². The van der Waals surface area contributed by atoms with Gasteiger partial charge in [0.1, 0.15) is 0 Å². The molecule has 12 nitrogen and oxygen atoms in total. The molecule has 2 heterocycles. The first-order valence-electron chi connectivity index (χ1n) is 18.1. The van der Waals surface area contributed by atoms with Gasteiger partial charge in [-0.2, -0.15) is 0 Å². The molecule has 0 saturated carbocycles. The number of hydrogen-bond acceptors (Lipinski definition) is 9. The molecule has 0 bridgehead atoms. The molecule has 0 radical (unpaired) electrons. The van der Waals surface area contributed by atoms with Gasteiger partial charge >= 0.3 is 5.97 Å². The third kappa shape index (κ3) is 9.85. The Kier molecular flexibility index (Phi) is 12.5. The van der Waals surface area contributed by atoms with Gasteiger partial charge < -0.3 is 29.9 Å². The largest absolute Gasteiger partial charge is 0.481 e. The fraction of sp³-hybridized carbons (Fsp3) is 0.366. The Balaban J connectivity index is 1.16. The van der Waals surface area contributed by atoms with Crippen molar-refractivity contribution in [2.75, 3.05) is 37.6 Å². The lowest BCUT2D eigenvalue weighted by Gasteiger charge is -2.44. The van der Waals surface area contributed by atoms with E-state index in [1.807, 2.05) is 78.9 Å². The van der Waals surface area contributed by atoms with Crippen molar-refractivity contribution in [3.05, 3.63) is 129 Å². The first-order chi connectivity index (χ1) is 25.7. The van der Waals surface area contributed by atoms with Gasteiger partial charge in [-0.15, -0.1) is 0 Å². The van der Waals surface area contributed by atoms with Crippen LogP contribution in [0.3, 0.4) is 0 Å². The average molecular weight is 723 g/mol. The number of aliphatic hydroxyl groups excluding tert-OH is 1. The van der Waals surface area contributed by atoms with Crippen LogP contribution in [-0.2, 0) is 32.2 Å². The Morgan fingerprint density at radius 2 is 1.55 bits per heavy atom. The minimum atomic E-state index is -0.911. The number of nitrogens with one attached hydrogen (secondary N) is 1. The molecule has 4 atom stereocenters. The number of ether oxygens (including phenoxy) is 2. The molecule has 0 unspecified atom stereocenters. The number of aliphatic hydroxyl groups is 1. The summed E-state index contributed by atoms with van der Waals surface area (Å²) in [6.07, 6.45) is -0.595. The quantitative estimate of drug-likeness (QED) is 0.101. The van der Waals surface area contributed by atoms with E-state index in [2.05, 4.69) is 28.1 Å². The second kappa shape index (κ2) is 17.6. The summed E-state index contributed by atoms with van der Waals surface area (Å²) in [5.74, 6) is -1.06. The Morgan fingerprint density at radius 3 is 2.23 bits per heavy atom. The Labute approximate surface area is 309 Å². The number of anilines is 1. The topological polar surface area (TPSA) is 155 Å². The Hall–Kier alpha value is -5.14. The monoisotopic (exact) mass is 722 g/mol. The predicted octanol–water partition coefficient (Wildman–Crippen LogP) is 6.24. The van der Waals surface area contributed by atoms with Crippen molar-refractivity contribution >= 4 is 23.3 Å². The standard InChI is InChI=1S/C41H46N4O8/c1-28-37(26-43-19-21-44(22-20-43)35-15-17-36(18-16-35)45(50)51)52-41(53-40(28)31-13-11-29(27-46)12-14-31)34-8-3-7-33(24-34)32-6-2-5-30(23-32)25-42-38(47)9-4-10-39(48)49/h2-3,5-8,11-18,23-24,28,37,40-41,46H,4,9-10,19-22,25-27H2,1H3,(H,42,47)(H,48,49)/t28-,37+,40+,41+/m0/s1. The average Bonchev–Trinajstić information content (AvgIpc) is 3.18. The summed E-state index contributed by atoms with van der Waals surface area (Å²) >= 11 is 0. The van der Waals surface area contributed by atoms with Gasteiger partial charge in [0.2, 0.25) is 5.91 Å². The van der Waals surface area contributed by atoms with Crippen LogP contribution in [0.1, 0.15) is 60.8 Å². The van der Waals surface area contributed by atoms with E-state index in [0.29, 0.717) is 19.5 Å². The Morgan fingerprint density at radius 1 is 0.849 bits per heavy atom. The van der Waals surface area contributed by atoms with Crippen molar-refractivity contribution < 1.29 is 34.2 Å². The number of aliphatic carboxylic acids is 1. The lowest BCUT2D eigenvalue weighted by molar-refractivity contribution is -0.384. The van der Waals surface area contributed by atoms with Crippen LogP contribution < -0.4 is 10.2 Å². The zero-order valence-corrected chi connectivity index (χ0v) is 29.8. The van der Waals surface area contributed by atoms with E-state index in [-0.39, 0.29) is 54.1 Å². The molecule has 6 rings (SSSR count). The number of carboxylic acids is 1. The van der Waals surface area contributed by atoms with Crippen LogP contribution in [0.5, 0.6) is 0 Å². The molecule has 2 aliphatic heterocycles. The summed E-state index contributed by atoms with van der Waals surface area (Å²) in [4.78, 5) is 38.4. The van der Waals surface area contributed by atoms with E-state index < -0.39 is 12.3 Å². The van der Waals surface area contributed by atoms with E-state index in [4.69, 9.17) is 14.6 Å². The van der Waals surface area contributed by atoms with Crippen LogP contribution in [0, 0.1) is 16.0 Å². The molecule has 2 aliphatic rings. The SMILES string of the molecule is C[C@H]1[C@@H](CN2CCN(c3ccc([N+](=O)[O-])cc3)CC2)O[C@@H](c2cccc(-c3cccc(CNC(=O)CCCC(=O)O)c3)c2)O[C@H]1c1ccc(CO)cc1. The van der Waals surface area contributed by atoms with Crippen LogP contribution >= 0.6 is 0 Å². The van der Waals surface area contributed by atoms with Crippen molar-refractivity contribution in [3.63, 3.8) is 0 Å². The van der Waals surface area contributed by atoms with Gasteiger partial charge in [-0.3, -0.25) is 24.6 Å². The van der Waals surface area contributed by atoms with Gasteiger partial charge in [0.05, 0.1) is 23.7 Å². The summed E-state index contributed by atoms with van der Waals surface area (Å²) in [6, 6.07) is 30.7. The first kappa shape index (κ1) is 37.6. The fourth-order valence-corrected chi connectivity index (χ4v) is 6.97. The van der Waals surface area contributed by atoms with E-state index >= 15 is 0 Å². The second-order valence-corrected chi connectivity index (χ2v) is 13.7. The number of non-ortho nitro benzene ring substituents is 1. The van der Waals surface area contributed by atoms with Crippen LogP contribution in [0.4, 0.5) is 11.4 Å². The molecular formula is C41H46N4O8. The number of nitrogens with zero attached hydrogens (tertiary/aromatic N) is 3. The van der Waals surface area contributed by atoms with Crippen molar-refractivity contribution in [2.45, 2.75) is 57.8 Å². The van der Waals surface area contributed by atoms with Gasteiger partial charge in [0.25, 0.3) is 5.69 Å². The van der Waals surface area contributed by atoms with Crippen molar-refractivity contribution in [1.82, 2.24) is 10.2 Å². The molecule has 53 heavy (non-hydrogen) atoms. The maximum absolute atomic E-state index is 12.2. The number of carbonyl (C=O) groups excluding carboxylic acids is 1. The lowest BCUT2D eigenvalue weighted by atomic mass is 9.89. The molecule has 0 aliphatic carbocycles. The van der Waals surface area contributed by atoms with Crippen LogP contribution in [0.15, 0.2) is 97.1 Å². The summed E-state index contributed by atoms with van der Waals surface area (Å²) in [7, 11) is 0. The number of amides is 1. The summed E-state index contributed by atoms with van der Waals surface area (Å²) in [5.41, 5.74) is 6.68. The minimum Gasteiger partial charge on any atom is -0.481 e. The number of nitro benzene ring substituents is 1. The number of piperazine rings is 1. The van der Waals surface area contributed by atoms with E-state index in [1.165, 1.54) is 0 Å². The molecule has 1 amide bonds. The third-order valence-corrected chi connectivity index (χ3v) is 10.1. The molecule has 4 aromatic rings. The number of nitro groups is 1. The highest BCUT2D eigenvalue weighted by molar-refractivity contribution is 5.76. The highest BCUT2D eigenvalue weighted by Gasteiger charge is 2.39. The van der Waals surface area contributed by atoms with Crippen molar-refractivity contribution in [3.8, 4) is 11.1 Å². The minimum absolute atomic E-state index is 0.0260. The van der Waals surface area contributed by atoms with Crippen molar-refractivity contribution in [1.29, 1.82) is 0 Å². The molecule has 3 N–H and O–H groups in total. The highest BCUT2D eigenvalue weighted by atomic mass is 16.7. The number of hydrogen-bond donors (Lipinski definition) is 3. The van der Waals surface area contributed by atoms with E-state index in [9.17, 15) is 24.8 Å². The molecule has 0 aromatic heterocycles. The van der Waals surface area contributed by atoms with Gasteiger partial charge in [-0.05, 0) is 58.5 Å². The lowest BCUT2D eigenvalue weighted by Crippen LogP contribution is -2.51. The van der Waals surface area contributed by atoms with E-state index in [0.717, 1.165) is 65.2 Å². The summed E-state index contributed by atoms with van der Waals surface area (Å²) < 4.78 is 13.5. The zero-order valence-electron chi connectivity index (χ0n) is 29.8. The first-order valence-corrected chi connectivity index (χ1v) is 18.1. The van der Waals surface area contributed by atoms with Crippen LogP contribution in [0.25, 0.3) is 11.1 Å². The third-order valence-electron chi connectivity index (χ3n) is 10.1. The molecule has 2 fully saturated rings. The highest BCUT2D eigenvalue weighted by Crippen LogP contribution is 2.42. The number of carboxylic acid groups (broad SMARTS) is 1. The molecule has 0 spiro atoms. The van der Waals surface area contributed by atoms with Crippen LogP contribution in [-0.4, -0.2) is 70.7 Å². The van der Waals surface area contributed by atoms with Gasteiger partial charge in [-0.1, -0.05) is 67.6 Å². The summed E-state index contributed by atoms with van der Waals surface area (Å²) in [5, 5.41) is 32.5. The number of benzene rings is 4. The number of carbonyl (C=O) groups is 2. The zero-order chi connectivity index (χ0) is 37.3. The van der Waals surface area contributed by atoms with E-state index in [1.54, 1.807) is 12.1 Å².